The molecule has 5 heteroatoms. The number of halogens is 2. The minimum Gasteiger partial charge on any atom is -0.319 e. The van der Waals surface area contributed by atoms with E-state index in [9.17, 15) is 9.59 Å². The van der Waals surface area contributed by atoms with Gasteiger partial charge in [0.2, 0.25) is 0 Å². The Morgan fingerprint density at radius 2 is 1.66 bits per heavy atom. The second-order valence-electron chi connectivity index (χ2n) is 8.22. The highest BCUT2D eigenvalue weighted by Gasteiger charge is 2.47. The molecule has 0 heterocycles. The number of carbonyl (C=O) groups excluding carboxylic acids is 2. The Morgan fingerprint density at radius 3 is 2.09 bits per heavy atom. The third-order valence-electron chi connectivity index (χ3n) is 6.20. The van der Waals surface area contributed by atoms with Gasteiger partial charge in [-0.15, -0.1) is 0 Å². The van der Waals surface area contributed by atoms with Crippen LogP contribution in [0.2, 0.25) is 10.0 Å². The largest absolute Gasteiger partial charge is 0.319 e. The molecule has 35 heavy (non-hydrogen) atoms. The lowest BCUT2D eigenvalue weighted by Crippen LogP contribution is -2.54. The van der Waals surface area contributed by atoms with E-state index in [1.54, 1.807) is 5.94 Å². The first kappa shape index (κ1) is 33.1. The number of hydrogen-bond donors (Lipinski definition) is 1. The lowest BCUT2D eigenvalue weighted by Gasteiger charge is -2.47. The third-order valence-corrected chi connectivity index (χ3v) is 6.78. The molecular formula is C30H43Cl2NO2. The molecule has 0 aliphatic heterocycles. The number of aldehydes is 1. The summed E-state index contributed by atoms with van der Waals surface area (Å²) < 4.78 is 0. The number of nitrogens with two attached hydrogens (primary N) is 1. The van der Waals surface area contributed by atoms with Gasteiger partial charge in [-0.1, -0.05) is 95.4 Å². The first-order valence-corrected chi connectivity index (χ1v) is 13.5. The van der Waals surface area contributed by atoms with Gasteiger partial charge in [0.15, 0.2) is 0 Å². The van der Waals surface area contributed by atoms with E-state index < -0.39 is 5.54 Å². The molecule has 1 saturated carbocycles. The van der Waals surface area contributed by atoms with Gasteiger partial charge >= 0.3 is 0 Å². The van der Waals surface area contributed by atoms with Crippen LogP contribution in [0.4, 0.5) is 0 Å². The van der Waals surface area contributed by atoms with Crippen LogP contribution in [0.5, 0.6) is 0 Å². The summed E-state index contributed by atoms with van der Waals surface area (Å²) >= 11 is 12.7. The average Bonchev–Trinajstić information content (AvgIpc) is 2.88. The van der Waals surface area contributed by atoms with Crippen LogP contribution in [-0.2, 0) is 9.59 Å². The Labute approximate surface area is 223 Å². The van der Waals surface area contributed by atoms with E-state index in [-0.39, 0.29) is 17.8 Å². The molecule has 0 radical (unpaired) electrons. The van der Waals surface area contributed by atoms with Crippen molar-refractivity contribution in [2.75, 3.05) is 0 Å². The zero-order chi connectivity index (χ0) is 27.0. The normalized spacial score (nSPS) is 22.5. The Morgan fingerprint density at radius 1 is 1.06 bits per heavy atom. The van der Waals surface area contributed by atoms with Crippen LogP contribution in [0.25, 0.3) is 0 Å². The molecule has 1 aliphatic carbocycles. The quantitative estimate of drug-likeness (QED) is 0.317. The molecule has 0 bridgehead atoms. The zero-order valence-corrected chi connectivity index (χ0v) is 23.9. The van der Waals surface area contributed by atoms with Gasteiger partial charge in [-0.3, -0.25) is 0 Å². The van der Waals surface area contributed by atoms with Crippen LogP contribution in [-0.4, -0.2) is 17.8 Å². The summed E-state index contributed by atoms with van der Waals surface area (Å²) in [5.74, 6) is 2.05. The predicted molar refractivity (Wildman–Crippen MR) is 152 cm³/mol. The number of hydrogen-bond acceptors (Lipinski definition) is 3. The first-order valence-electron chi connectivity index (χ1n) is 12.8. The molecule has 0 saturated heterocycles. The van der Waals surface area contributed by atoms with E-state index in [1.165, 1.54) is 11.6 Å². The summed E-state index contributed by atoms with van der Waals surface area (Å²) in [4.78, 5) is 21.1. The minimum absolute atomic E-state index is 0.0531. The fourth-order valence-electron chi connectivity index (χ4n) is 4.68. The molecule has 0 spiro atoms. The average molecular weight is 521 g/mol. The van der Waals surface area contributed by atoms with Gasteiger partial charge in [-0.25, -0.2) is 4.79 Å². The molecular weight excluding hydrogens is 477 g/mol. The lowest BCUT2D eigenvalue weighted by atomic mass is 9.59. The number of rotatable bonds is 5. The summed E-state index contributed by atoms with van der Waals surface area (Å²) in [5.41, 5.74) is 9.20. The molecule has 4 atom stereocenters. The molecule has 3 nitrogen and oxygen atoms in total. The monoisotopic (exact) mass is 519 g/mol. The van der Waals surface area contributed by atoms with Gasteiger partial charge in [0.25, 0.3) is 0 Å². The molecule has 2 N–H and O–H groups in total. The zero-order valence-electron chi connectivity index (χ0n) is 22.4. The van der Waals surface area contributed by atoms with Gasteiger partial charge < -0.3 is 10.5 Å². The third kappa shape index (κ3) is 9.24. The van der Waals surface area contributed by atoms with Crippen molar-refractivity contribution in [3.8, 4) is 0 Å². The number of carbonyl (C=O) groups is 1. The van der Waals surface area contributed by atoms with Gasteiger partial charge in [0.1, 0.15) is 12.2 Å². The molecule has 1 aliphatic rings. The lowest BCUT2D eigenvalue weighted by molar-refractivity contribution is -0.115. The van der Waals surface area contributed by atoms with Crippen LogP contribution in [0.3, 0.4) is 0 Å². The van der Waals surface area contributed by atoms with E-state index in [2.05, 4.69) is 31.2 Å². The van der Waals surface area contributed by atoms with Crippen molar-refractivity contribution in [3.63, 3.8) is 0 Å². The highest BCUT2D eigenvalue weighted by atomic mass is 35.5. The van der Waals surface area contributed by atoms with Crippen LogP contribution in [0.1, 0.15) is 95.8 Å². The molecule has 0 aromatic heterocycles. The maximum absolute atomic E-state index is 11.9. The van der Waals surface area contributed by atoms with Gasteiger partial charge in [-0.05, 0) is 84.9 Å². The summed E-state index contributed by atoms with van der Waals surface area (Å²) in [5, 5.41) is 1.50. The van der Waals surface area contributed by atoms with E-state index in [0.717, 1.165) is 41.7 Å². The fourth-order valence-corrected chi connectivity index (χ4v) is 5.18. The summed E-state index contributed by atoms with van der Waals surface area (Å²) in [6.45, 7) is 14.0. The van der Waals surface area contributed by atoms with Gasteiger partial charge in [0, 0.05) is 10.0 Å². The molecule has 1 fully saturated rings. The van der Waals surface area contributed by atoms with Crippen LogP contribution < -0.4 is 5.73 Å². The SMILES string of the molecule is CC.CC.CCC1C(c2ccc(Cl)cc2)C(c2ccc(C)cc2Cl)CCC1(N)C=O.CCC=C=O. The summed E-state index contributed by atoms with van der Waals surface area (Å²) in [6.07, 6.45) is 5.54. The Balaban J connectivity index is 0.00000112. The van der Waals surface area contributed by atoms with Gasteiger partial charge in [0.05, 0.1) is 5.54 Å². The maximum atomic E-state index is 11.9. The van der Waals surface area contributed by atoms with Crippen LogP contribution >= 0.6 is 23.2 Å². The minimum atomic E-state index is -0.799. The maximum Gasteiger partial charge on any atom is 0.140 e. The van der Waals surface area contributed by atoms with E-state index in [1.807, 2.05) is 59.7 Å². The number of benzene rings is 2. The van der Waals surface area contributed by atoms with Crippen molar-refractivity contribution in [2.24, 2.45) is 11.7 Å². The topological polar surface area (TPSA) is 60.2 Å². The van der Waals surface area contributed by atoms with Crippen molar-refractivity contribution in [2.45, 2.75) is 91.5 Å². The van der Waals surface area contributed by atoms with Crippen molar-refractivity contribution in [1.82, 2.24) is 0 Å². The number of aryl methyl sites for hydroxylation is 1. The first-order chi connectivity index (χ1) is 16.8. The Bertz CT molecular complexity index is 922. The van der Waals surface area contributed by atoms with Crippen molar-refractivity contribution in [1.29, 1.82) is 0 Å². The molecule has 3 rings (SSSR count). The fraction of sp³-hybridized carbons (Fsp3) is 0.500. The highest BCUT2D eigenvalue weighted by molar-refractivity contribution is 6.31. The second-order valence-corrected chi connectivity index (χ2v) is 9.07. The standard InChI is InChI=1S/C22H25Cl2NO.C4H6O.2C2H6/c1-3-19-21(15-5-7-16(23)8-6-15)18(10-11-22(19,25)13-26)17-9-4-14(2)12-20(17)24;1-2-3-4-5;2*1-2/h4-9,12-13,18-19,21H,3,10-11,25H2,1-2H3;3H,2H2,1H3;2*1-2H3. The number of allylic oxidation sites excluding steroid dienone is 1. The molecule has 0 amide bonds. The predicted octanol–water partition coefficient (Wildman–Crippen LogP) is 8.72. The Kier molecular flexibility index (Phi) is 16.6. The van der Waals surface area contributed by atoms with Crippen molar-refractivity contribution in [3.05, 3.63) is 75.3 Å². The van der Waals surface area contributed by atoms with E-state index >= 15 is 0 Å². The second kappa shape index (κ2) is 17.5. The van der Waals surface area contributed by atoms with Gasteiger partial charge in [-0.2, -0.15) is 0 Å². The van der Waals surface area contributed by atoms with Crippen LogP contribution in [0.15, 0.2) is 48.5 Å². The summed E-state index contributed by atoms with van der Waals surface area (Å²) in [6, 6.07) is 14.2. The molecule has 2 aromatic carbocycles. The highest BCUT2D eigenvalue weighted by Crippen LogP contribution is 2.52. The van der Waals surface area contributed by atoms with E-state index in [0.29, 0.717) is 11.4 Å². The van der Waals surface area contributed by atoms with E-state index in [4.69, 9.17) is 28.9 Å². The molecule has 194 valence electrons. The molecule has 2 aromatic rings. The smallest absolute Gasteiger partial charge is 0.140 e. The van der Waals surface area contributed by atoms with Crippen LogP contribution in [0, 0.1) is 12.8 Å². The van der Waals surface area contributed by atoms with Crippen molar-refractivity contribution >= 4 is 35.4 Å². The molecule has 4 unspecified atom stereocenters. The Hall–Kier alpha value is -1.90. The van der Waals surface area contributed by atoms with Crippen molar-refractivity contribution < 1.29 is 9.59 Å². The summed E-state index contributed by atoms with van der Waals surface area (Å²) in [7, 11) is 0.